The molecule has 1 aromatic rings. The van der Waals surface area contributed by atoms with Gasteiger partial charge in [0, 0.05) is 19.6 Å². The van der Waals surface area contributed by atoms with Crippen LogP contribution in [0.15, 0.2) is 24.3 Å². The van der Waals surface area contributed by atoms with Crippen molar-refractivity contribution in [2.75, 3.05) is 24.5 Å². The van der Waals surface area contributed by atoms with E-state index >= 15 is 0 Å². The van der Waals surface area contributed by atoms with Crippen molar-refractivity contribution in [1.29, 1.82) is 0 Å². The minimum atomic E-state index is 0.713. The largest absolute Gasteiger partial charge is 0.353 e. The Morgan fingerprint density at radius 3 is 2.74 bits per heavy atom. The van der Waals surface area contributed by atoms with Gasteiger partial charge in [-0.25, -0.2) is 4.98 Å². The van der Waals surface area contributed by atoms with Gasteiger partial charge in [-0.1, -0.05) is 30.7 Å². The summed E-state index contributed by atoms with van der Waals surface area (Å²) in [6, 6.07) is 3.89. The van der Waals surface area contributed by atoms with Crippen LogP contribution in [-0.4, -0.2) is 24.6 Å². The lowest BCUT2D eigenvalue weighted by atomic mass is 10.3. The molecule has 0 bridgehead atoms. The molecule has 0 saturated carbocycles. The van der Waals surface area contributed by atoms with Crippen LogP contribution in [0.5, 0.6) is 0 Å². The van der Waals surface area contributed by atoms with Gasteiger partial charge in [-0.2, -0.15) is 0 Å². The summed E-state index contributed by atoms with van der Waals surface area (Å²) in [6.45, 7) is 13.7. The van der Waals surface area contributed by atoms with Crippen molar-refractivity contribution in [3.05, 3.63) is 35.0 Å². The van der Waals surface area contributed by atoms with Gasteiger partial charge < -0.3 is 10.2 Å². The van der Waals surface area contributed by atoms with Crippen LogP contribution in [0.1, 0.15) is 32.9 Å². The molecule has 1 heterocycles. The molecule has 0 saturated heterocycles. The monoisotopic (exact) mass is 281 g/mol. The minimum Gasteiger partial charge on any atom is -0.353 e. The molecule has 0 radical (unpaired) electrons. The Balaban J connectivity index is 2.83. The zero-order valence-electron chi connectivity index (χ0n) is 12.2. The quantitative estimate of drug-likeness (QED) is 0.582. The summed E-state index contributed by atoms with van der Waals surface area (Å²) >= 11 is 6.19. The van der Waals surface area contributed by atoms with Gasteiger partial charge in [0.15, 0.2) is 0 Å². The number of likely N-dealkylation sites (N-methyl/N-ethyl adjacent to an activating group) is 1. The summed E-state index contributed by atoms with van der Waals surface area (Å²) < 4.78 is 0. The van der Waals surface area contributed by atoms with Gasteiger partial charge in [-0.15, -0.1) is 0 Å². The third-order valence-electron chi connectivity index (χ3n) is 2.79. The first kappa shape index (κ1) is 16.0. The topological polar surface area (TPSA) is 28.2 Å². The Labute approximate surface area is 121 Å². The Morgan fingerprint density at radius 2 is 2.16 bits per heavy atom. The van der Waals surface area contributed by atoms with Crippen LogP contribution >= 0.6 is 11.6 Å². The predicted molar refractivity (Wildman–Crippen MR) is 83.9 cm³/mol. The molecule has 0 aliphatic heterocycles. The molecule has 4 heteroatoms. The van der Waals surface area contributed by atoms with Gasteiger partial charge in [-0.3, -0.25) is 0 Å². The zero-order valence-corrected chi connectivity index (χ0v) is 12.9. The first-order chi connectivity index (χ1) is 9.08. The number of halogens is 1. The minimum absolute atomic E-state index is 0.713. The highest BCUT2D eigenvalue weighted by Gasteiger charge is 2.09. The molecule has 106 valence electrons. The SMILES string of the molecule is C=C(C)CN(CC)c1ccc(Cl)c(CNCCC)n1. The van der Waals surface area contributed by atoms with E-state index in [4.69, 9.17) is 11.6 Å². The second-order valence-electron chi connectivity index (χ2n) is 4.75. The molecule has 0 aliphatic rings. The maximum atomic E-state index is 6.19. The van der Waals surface area contributed by atoms with Gasteiger partial charge in [0.2, 0.25) is 0 Å². The van der Waals surface area contributed by atoms with Crippen LogP contribution in [0.2, 0.25) is 5.02 Å². The first-order valence-corrected chi connectivity index (χ1v) is 7.21. The van der Waals surface area contributed by atoms with Gasteiger partial charge in [-0.05, 0) is 38.9 Å². The molecule has 3 nitrogen and oxygen atoms in total. The molecular weight excluding hydrogens is 258 g/mol. The molecule has 0 unspecified atom stereocenters. The Morgan fingerprint density at radius 1 is 1.42 bits per heavy atom. The van der Waals surface area contributed by atoms with E-state index in [0.717, 1.165) is 48.2 Å². The summed E-state index contributed by atoms with van der Waals surface area (Å²) in [6.07, 6.45) is 1.11. The van der Waals surface area contributed by atoms with Crippen LogP contribution < -0.4 is 10.2 Å². The highest BCUT2D eigenvalue weighted by molar-refractivity contribution is 6.31. The molecule has 0 spiro atoms. The number of hydrogen-bond donors (Lipinski definition) is 1. The average Bonchev–Trinajstić information content (AvgIpc) is 2.38. The van der Waals surface area contributed by atoms with E-state index in [0.29, 0.717) is 6.54 Å². The highest BCUT2D eigenvalue weighted by atomic mass is 35.5. The van der Waals surface area contributed by atoms with E-state index < -0.39 is 0 Å². The van der Waals surface area contributed by atoms with Crippen molar-refractivity contribution >= 4 is 17.4 Å². The van der Waals surface area contributed by atoms with Crippen LogP contribution in [0, 0.1) is 0 Å². The average molecular weight is 282 g/mol. The highest BCUT2D eigenvalue weighted by Crippen LogP contribution is 2.19. The fourth-order valence-electron chi connectivity index (χ4n) is 1.84. The molecule has 0 fully saturated rings. The van der Waals surface area contributed by atoms with Crippen LogP contribution in [-0.2, 0) is 6.54 Å². The fraction of sp³-hybridized carbons (Fsp3) is 0.533. The Kier molecular flexibility index (Phi) is 6.89. The van der Waals surface area contributed by atoms with Crippen molar-refractivity contribution in [2.45, 2.75) is 33.7 Å². The third kappa shape index (κ3) is 5.21. The smallest absolute Gasteiger partial charge is 0.129 e. The first-order valence-electron chi connectivity index (χ1n) is 6.83. The second-order valence-corrected chi connectivity index (χ2v) is 5.15. The van der Waals surface area contributed by atoms with Crippen molar-refractivity contribution in [1.82, 2.24) is 10.3 Å². The number of pyridine rings is 1. The molecule has 0 atom stereocenters. The fourth-order valence-corrected chi connectivity index (χ4v) is 2.01. The zero-order chi connectivity index (χ0) is 14.3. The number of hydrogen-bond acceptors (Lipinski definition) is 3. The van der Waals surface area contributed by atoms with Gasteiger partial charge in [0.05, 0.1) is 10.7 Å². The molecule has 0 aliphatic carbocycles. The Hall–Kier alpha value is -1.06. The van der Waals surface area contributed by atoms with Crippen LogP contribution in [0.25, 0.3) is 0 Å². The van der Waals surface area contributed by atoms with E-state index in [-0.39, 0.29) is 0 Å². The number of rotatable bonds is 8. The summed E-state index contributed by atoms with van der Waals surface area (Å²) in [7, 11) is 0. The van der Waals surface area contributed by atoms with Crippen molar-refractivity contribution < 1.29 is 0 Å². The maximum absolute atomic E-state index is 6.19. The number of anilines is 1. The lowest BCUT2D eigenvalue weighted by Gasteiger charge is -2.23. The van der Waals surface area contributed by atoms with Crippen LogP contribution in [0.3, 0.4) is 0 Å². The van der Waals surface area contributed by atoms with Crippen LogP contribution in [0.4, 0.5) is 5.82 Å². The molecule has 1 N–H and O–H groups in total. The summed E-state index contributed by atoms with van der Waals surface area (Å²) in [4.78, 5) is 6.86. The maximum Gasteiger partial charge on any atom is 0.129 e. The normalized spacial score (nSPS) is 10.5. The lowest BCUT2D eigenvalue weighted by molar-refractivity contribution is 0.663. The van der Waals surface area contributed by atoms with Gasteiger partial charge in [0.1, 0.15) is 5.82 Å². The second kappa shape index (κ2) is 8.18. The van der Waals surface area contributed by atoms with E-state index in [1.807, 2.05) is 19.1 Å². The number of nitrogens with one attached hydrogen (secondary N) is 1. The van der Waals surface area contributed by atoms with Crippen molar-refractivity contribution in [3.8, 4) is 0 Å². The van der Waals surface area contributed by atoms with Gasteiger partial charge in [0.25, 0.3) is 0 Å². The molecule has 19 heavy (non-hydrogen) atoms. The van der Waals surface area contributed by atoms with E-state index in [1.165, 1.54) is 0 Å². The number of aromatic nitrogens is 1. The van der Waals surface area contributed by atoms with E-state index in [9.17, 15) is 0 Å². The molecule has 0 aromatic carbocycles. The summed E-state index contributed by atoms with van der Waals surface area (Å²) in [5, 5.41) is 4.06. The van der Waals surface area contributed by atoms with E-state index in [1.54, 1.807) is 0 Å². The summed E-state index contributed by atoms with van der Waals surface area (Å²) in [5.74, 6) is 0.961. The summed E-state index contributed by atoms with van der Waals surface area (Å²) in [5.41, 5.74) is 2.04. The van der Waals surface area contributed by atoms with Crippen molar-refractivity contribution in [2.24, 2.45) is 0 Å². The predicted octanol–water partition coefficient (Wildman–Crippen LogP) is 3.64. The van der Waals surface area contributed by atoms with Gasteiger partial charge >= 0.3 is 0 Å². The molecule has 1 aromatic heterocycles. The number of nitrogens with zero attached hydrogens (tertiary/aromatic N) is 2. The van der Waals surface area contributed by atoms with E-state index in [2.05, 4.69) is 35.6 Å². The Bertz CT molecular complexity index is 418. The van der Waals surface area contributed by atoms with Crippen molar-refractivity contribution in [3.63, 3.8) is 0 Å². The molecule has 1 rings (SSSR count). The third-order valence-corrected chi connectivity index (χ3v) is 3.13. The lowest BCUT2D eigenvalue weighted by Crippen LogP contribution is -2.26. The molecular formula is C15H24ClN3. The standard InChI is InChI=1S/C15H24ClN3/c1-5-9-17-10-14-13(16)7-8-15(18-14)19(6-2)11-12(3)4/h7-8,17H,3,5-6,9-11H2,1-2,4H3. The molecule has 0 amide bonds.